The Morgan fingerprint density at radius 1 is 1.38 bits per heavy atom. The van der Waals surface area contributed by atoms with E-state index in [-0.39, 0.29) is 5.56 Å². The Bertz CT molecular complexity index is 845. The molecule has 0 aliphatic heterocycles. The molecule has 7 heteroatoms. The Kier molecular flexibility index (Phi) is 3.23. The summed E-state index contributed by atoms with van der Waals surface area (Å²) in [5.41, 5.74) is 1.44. The van der Waals surface area contributed by atoms with Crippen LogP contribution in [0.3, 0.4) is 0 Å². The minimum absolute atomic E-state index is 0.111. The highest BCUT2D eigenvalue weighted by atomic mass is 35.5. The molecule has 0 amide bonds. The van der Waals surface area contributed by atoms with Gasteiger partial charge in [0.05, 0.1) is 23.8 Å². The van der Waals surface area contributed by atoms with Gasteiger partial charge in [-0.1, -0.05) is 11.6 Å². The number of ether oxygens (including phenoxy) is 1. The van der Waals surface area contributed by atoms with Gasteiger partial charge in [0.15, 0.2) is 5.65 Å². The molecule has 0 spiro atoms. The van der Waals surface area contributed by atoms with Gasteiger partial charge in [0, 0.05) is 11.2 Å². The second-order valence-electron chi connectivity index (χ2n) is 4.29. The number of hydrogen-bond donors (Lipinski definition) is 2. The van der Waals surface area contributed by atoms with E-state index < -0.39 is 5.97 Å². The second-order valence-corrected chi connectivity index (χ2v) is 4.73. The summed E-state index contributed by atoms with van der Waals surface area (Å²) in [6, 6.07) is 6.53. The first-order valence-electron chi connectivity index (χ1n) is 6.02. The maximum absolute atomic E-state index is 11.2. The lowest BCUT2D eigenvalue weighted by atomic mass is 10.2. The van der Waals surface area contributed by atoms with E-state index in [4.69, 9.17) is 16.3 Å². The SMILES string of the molecule is COc1ccc(Cl)cc1-c1nc2nccc(C(=O)O)c2[nH]1. The van der Waals surface area contributed by atoms with Gasteiger partial charge >= 0.3 is 5.97 Å². The Hall–Kier alpha value is -2.60. The van der Waals surface area contributed by atoms with E-state index in [1.54, 1.807) is 18.2 Å². The van der Waals surface area contributed by atoms with Crippen LogP contribution in [0.15, 0.2) is 30.5 Å². The van der Waals surface area contributed by atoms with E-state index in [1.807, 2.05) is 0 Å². The molecule has 0 aliphatic rings. The predicted octanol–water partition coefficient (Wildman–Crippen LogP) is 2.99. The molecule has 1 aromatic carbocycles. The topological polar surface area (TPSA) is 88.1 Å². The number of rotatable bonds is 3. The van der Waals surface area contributed by atoms with Crippen LogP contribution in [-0.4, -0.2) is 33.1 Å². The lowest BCUT2D eigenvalue weighted by molar-refractivity contribution is 0.0698. The average Bonchev–Trinajstić information content (AvgIpc) is 2.90. The van der Waals surface area contributed by atoms with E-state index in [0.717, 1.165) is 0 Å². The van der Waals surface area contributed by atoms with E-state index >= 15 is 0 Å². The van der Waals surface area contributed by atoms with Crippen LogP contribution in [0.5, 0.6) is 5.75 Å². The number of halogens is 1. The molecule has 0 saturated carbocycles. The van der Waals surface area contributed by atoms with Crippen LogP contribution in [0.1, 0.15) is 10.4 Å². The van der Waals surface area contributed by atoms with Crippen LogP contribution in [0.25, 0.3) is 22.6 Å². The number of H-pyrrole nitrogens is 1. The van der Waals surface area contributed by atoms with E-state index in [2.05, 4.69) is 15.0 Å². The zero-order chi connectivity index (χ0) is 15.0. The Balaban J connectivity index is 2.25. The highest BCUT2D eigenvalue weighted by molar-refractivity contribution is 6.31. The predicted molar refractivity (Wildman–Crippen MR) is 77.8 cm³/mol. The van der Waals surface area contributed by atoms with Crippen molar-refractivity contribution in [1.82, 2.24) is 15.0 Å². The summed E-state index contributed by atoms with van der Waals surface area (Å²) in [5.74, 6) is -0.0171. The maximum atomic E-state index is 11.2. The number of aromatic nitrogens is 3. The second kappa shape index (κ2) is 5.06. The third kappa shape index (κ3) is 2.30. The number of fused-ring (bicyclic) bond motifs is 1. The third-order valence-electron chi connectivity index (χ3n) is 3.04. The van der Waals surface area contributed by atoms with Gasteiger partial charge in [-0.25, -0.2) is 14.8 Å². The number of aromatic carboxylic acids is 1. The van der Waals surface area contributed by atoms with Crippen LogP contribution in [0.2, 0.25) is 5.02 Å². The van der Waals surface area contributed by atoms with Gasteiger partial charge in [0.2, 0.25) is 0 Å². The number of nitrogens with zero attached hydrogens (tertiary/aromatic N) is 2. The summed E-state index contributed by atoms with van der Waals surface area (Å²) >= 11 is 6.00. The van der Waals surface area contributed by atoms with Gasteiger partial charge in [0.1, 0.15) is 11.6 Å². The van der Waals surface area contributed by atoms with Crippen molar-refractivity contribution < 1.29 is 14.6 Å². The number of aromatic amines is 1. The summed E-state index contributed by atoms with van der Waals surface area (Å²) in [6.45, 7) is 0. The highest BCUT2D eigenvalue weighted by Crippen LogP contribution is 2.32. The molecular formula is C14H10ClN3O3. The standard InChI is InChI=1S/C14H10ClN3O3/c1-21-10-3-2-7(15)6-9(10)12-17-11-8(14(19)20)4-5-16-13(11)18-12/h2-6H,1H3,(H,19,20)(H,16,17,18). The monoisotopic (exact) mass is 303 g/mol. The minimum Gasteiger partial charge on any atom is -0.496 e. The lowest BCUT2D eigenvalue weighted by Gasteiger charge is -2.05. The number of imidazole rings is 1. The van der Waals surface area contributed by atoms with Crippen LogP contribution in [0, 0.1) is 0 Å². The summed E-state index contributed by atoms with van der Waals surface area (Å²) in [5, 5.41) is 9.71. The molecule has 2 heterocycles. The molecule has 3 aromatic rings. The molecule has 0 bridgehead atoms. The molecule has 106 valence electrons. The molecule has 2 aromatic heterocycles. The molecule has 0 aliphatic carbocycles. The molecule has 2 N–H and O–H groups in total. The van der Waals surface area contributed by atoms with Crippen molar-refractivity contribution in [3.63, 3.8) is 0 Å². The molecular weight excluding hydrogens is 294 g/mol. The number of carboxylic acids is 1. The number of carboxylic acid groups (broad SMARTS) is 1. The molecule has 0 fully saturated rings. The molecule has 6 nitrogen and oxygen atoms in total. The van der Waals surface area contributed by atoms with Gasteiger partial charge < -0.3 is 14.8 Å². The van der Waals surface area contributed by atoms with Gasteiger partial charge in [-0.3, -0.25) is 0 Å². The molecule has 21 heavy (non-hydrogen) atoms. The fraction of sp³-hybridized carbons (Fsp3) is 0.0714. The summed E-state index contributed by atoms with van der Waals surface area (Å²) in [7, 11) is 1.54. The molecule has 0 radical (unpaired) electrons. The number of nitrogens with one attached hydrogen (secondary N) is 1. The van der Waals surface area contributed by atoms with Crippen molar-refractivity contribution in [1.29, 1.82) is 0 Å². The van der Waals surface area contributed by atoms with Crippen molar-refractivity contribution in [3.8, 4) is 17.1 Å². The molecule has 0 unspecified atom stereocenters. The normalized spacial score (nSPS) is 10.8. The molecule has 0 atom stereocenters. The quantitative estimate of drug-likeness (QED) is 0.776. The Morgan fingerprint density at radius 2 is 2.19 bits per heavy atom. The van der Waals surface area contributed by atoms with Crippen molar-refractivity contribution in [2.75, 3.05) is 7.11 Å². The fourth-order valence-electron chi connectivity index (χ4n) is 2.08. The first-order chi connectivity index (χ1) is 10.1. The number of pyridine rings is 1. The van der Waals surface area contributed by atoms with Crippen LogP contribution >= 0.6 is 11.6 Å². The van der Waals surface area contributed by atoms with Crippen molar-refractivity contribution >= 4 is 28.7 Å². The van der Waals surface area contributed by atoms with Crippen LogP contribution in [-0.2, 0) is 0 Å². The Morgan fingerprint density at radius 3 is 2.90 bits per heavy atom. The summed E-state index contributed by atoms with van der Waals surface area (Å²) in [4.78, 5) is 22.6. The zero-order valence-electron chi connectivity index (χ0n) is 10.9. The van der Waals surface area contributed by atoms with Crippen molar-refractivity contribution in [3.05, 3.63) is 41.0 Å². The number of methoxy groups -OCH3 is 1. The lowest BCUT2D eigenvalue weighted by Crippen LogP contribution is -1.97. The Labute approximate surface area is 124 Å². The largest absolute Gasteiger partial charge is 0.496 e. The van der Waals surface area contributed by atoms with E-state index in [1.165, 1.54) is 19.4 Å². The molecule has 3 rings (SSSR count). The summed E-state index contributed by atoms with van der Waals surface area (Å²) in [6.07, 6.45) is 1.41. The van der Waals surface area contributed by atoms with Crippen molar-refractivity contribution in [2.24, 2.45) is 0 Å². The average molecular weight is 304 g/mol. The van der Waals surface area contributed by atoms with E-state index in [0.29, 0.717) is 33.3 Å². The van der Waals surface area contributed by atoms with Crippen LogP contribution in [0.4, 0.5) is 0 Å². The van der Waals surface area contributed by atoms with Crippen molar-refractivity contribution in [2.45, 2.75) is 0 Å². The highest BCUT2D eigenvalue weighted by Gasteiger charge is 2.16. The van der Waals surface area contributed by atoms with Gasteiger partial charge in [-0.15, -0.1) is 0 Å². The van der Waals surface area contributed by atoms with Gasteiger partial charge in [-0.05, 0) is 24.3 Å². The number of hydrogen-bond acceptors (Lipinski definition) is 4. The first-order valence-corrected chi connectivity index (χ1v) is 6.40. The van der Waals surface area contributed by atoms with Gasteiger partial charge in [-0.2, -0.15) is 0 Å². The number of carbonyl (C=O) groups is 1. The van der Waals surface area contributed by atoms with Gasteiger partial charge in [0.25, 0.3) is 0 Å². The third-order valence-corrected chi connectivity index (χ3v) is 3.27. The summed E-state index contributed by atoms with van der Waals surface area (Å²) < 4.78 is 5.27. The van der Waals surface area contributed by atoms with Crippen LogP contribution < -0.4 is 4.74 Å². The first kappa shape index (κ1) is 13.4. The zero-order valence-corrected chi connectivity index (χ0v) is 11.7. The molecule has 0 saturated heterocycles. The minimum atomic E-state index is -1.05. The fourth-order valence-corrected chi connectivity index (χ4v) is 2.25. The van der Waals surface area contributed by atoms with E-state index in [9.17, 15) is 9.90 Å². The maximum Gasteiger partial charge on any atom is 0.338 e. The smallest absolute Gasteiger partial charge is 0.338 e. The number of benzene rings is 1.